The summed E-state index contributed by atoms with van der Waals surface area (Å²) < 4.78 is 5.95. The number of phenolic OH excluding ortho intramolecular Hbond substituents is 1. The summed E-state index contributed by atoms with van der Waals surface area (Å²) in [5.74, 6) is -4.94. The first-order valence-electron chi connectivity index (χ1n) is 17.2. The van der Waals surface area contributed by atoms with E-state index in [-0.39, 0.29) is 36.2 Å². The summed E-state index contributed by atoms with van der Waals surface area (Å²) in [6, 6.07) is 27.3. The number of ether oxygens (including phenoxy) is 1. The number of hydrazine groups is 1. The number of methoxy groups -OCH3 is 1. The van der Waals surface area contributed by atoms with E-state index in [1.54, 1.807) is 30.3 Å². The molecular weight excluding hydrogens is 722 g/mol. The van der Waals surface area contributed by atoms with Crippen molar-refractivity contribution in [2.24, 2.45) is 23.7 Å². The van der Waals surface area contributed by atoms with Crippen LogP contribution in [0.3, 0.4) is 0 Å². The van der Waals surface area contributed by atoms with Gasteiger partial charge >= 0.3 is 0 Å². The number of hydrogen-bond acceptors (Lipinski definition) is 7. The molecule has 262 valence electrons. The molecule has 2 N–H and O–H groups in total. The summed E-state index contributed by atoms with van der Waals surface area (Å²) in [4.78, 5) is 60.1. The van der Waals surface area contributed by atoms with Crippen molar-refractivity contribution in [3.63, 3.8) is 0 Å². The summed E-state index contributed by atoms with van der Waals surface area (Å²) in [7, 11) is 1.45. The third-order valence-electron chi connectivity index (χ3n) is 11.4. The van der Waals surface area contributed by atoms with E-state index in [1.165, 1.54) is 12.0 Å². The highest BCUT2D eigenvalue weighted by Crippen LogP contribution is 2.64. The third-order valence-corrected chi connectivity index (χ3v) is 12.0. The summed E-state index contributed by atoms with van der Waals surface area (Å²) in [5, 5.41) is 12.0. The van der Waals surface area contributed by atoms with E-state index in [4.69, 9.17) is 4.74 Å². The van der Waals surface area contributed by atoms with Gasteiger partial charge in [0, 0.05) is 5.92 Å². The summed E-state index contributed by atoms with van der Waals surface area (Å²) >= 11 is 3.50. The van der Waals surface area contributed by atoms with Crippen LogP contribution in [0.25, 0.3) is 6.08 Å². The fourth-order valence-electron chi connectivity index (χ4n) is 9.05. The van der Waals surface area contributed by atoms with Crippen LogP contribution >= 0.6 is 15.9 Å². The average Bonchev–Trinajstić information content (AvgIpc) is 3.54. The SMILES string of the molecule is C=Cc1ccc(N2C(=O)C3CC=C4C(CC5C(=O)N(Nc6ccc(C)cc6)C(=O)C5(c5ccccc5)C4c4cc(Br)c(O)c(OC)c4)C3C2=O)cc1. The minimum Gasteiger partial charge on any atom is -0.503 e. The molecule has 0 bridgehead atoms. The lowest BCUT2D eigenvalue weighted by Crippen LogP contribution is -2.53. The molecule has 0 spiro atoms. The van der Waals surface area contributed by atoms with Crippen molar-refractivity contribution in [2.45, 2.75) is 31.1 Å². The molecule has 8 rings (SSSR count). The van der Waals surface area contributed by atoms with Crippen molar-refractivity contribution in [3.05, 3.63) is 136 Å². The Bertz CT molecular complexity index is 2180. The average molecular weight is 759 g/mol. The van der Waals surface area contributed by atoms with Gasteiger partial charge in [0.2, 0.25) is 11.8 Å². The van der Waals surface area contributed by atoms with Gasteiger partial charge in [0.05, 0.1) is 46.1 Å². The van der Waals surface area contributed by atoms with Crippen LogP contribution in [0, 0.1) is 30.6 Å². The molecule has 4 aliphatic rings. The lowest BCUT2D eigenvalue weighted by molar-refractivity contribution is -0.138. The van der Waals surface area contributed by atoms with Crippen molar-refractivity contribution in [1.29, 1.82) is 0 Å². The zero-order valence-electron chi connectivity index (χ0n) is 28.6. The van der Waals surface area contributed by atoms with Crippen LogP contribution in [0.4, 0.5) is 11.4 Å². The Morgan fingerprint density at radius 3 is 2.31 bits per heavy atom. The van der Waals surface area contributed by atoms with Crippen LogP contribution in [0.1, 0.15) is 41.0 Å². The third kappa shape index (κ3) is 4.87. The minimum atomic E-state index is -1.45. The van der Waals surface area contributed by atoms with Crippen molar-refractivity contribution in [1.82, 2.24) is 5.01 Å². The second-order valence-corrected chi connectivity index (χ2v) is 14.8. The summed E-state index contributed by atoms with van der Waals surface area (Å²) in [5.41, 5.74) is 6.70. The Balaban J connectivity index is 1.33. The number of carbonyl (C=O) groups excluding carboxylic acids is 4. The highest BCUT2D eigenvalue weighted by molar-refractivity contribution is 9.10. The van der Waals surface area contributed by atoms with E-state index >= 15 is 4.79 Å². The molecule has 6 unspecified atom stereocenters. The van der Waals surface area contributed by atoms with Gasteiger partial charge in [-0.05, 0) is 94.7 Å². The van der Waals surface area contributed by atoms with Crippen molar-refractivity contribution in [3.8, 4) is 11.5 Å². The number of phenols is 1. The largest absolute Gasteiger partial charge is 0.503 e. The zero-order valence-corrected chi connectivity index (χ0v) is 30.2. The number of nitrogens with zero attached hydrogens (tertiary/aromatic N) is 2. The lowest BCUT2D eigenvalue weighted by Gasteiger charge is -2.50. The summed E-state index contributed by atoms with van der Waals surface area (Å²) in [6.07, 6.45) is 4.17. The molecule has 0 radical (unpaired) electrons. The van der Waals surface area contributed by atoms with Gasteiger partial charge in [-0.1, -0.05) is 84.5 Å². The van der Waals surface area contributed by atoms with Gasteiger partial charge in [0.1, 0.15) is 0 Å². The number of allylic oxidation sites excluding steroid dienone is 2. The number of rotatable bonds is 7. The highest BCUT2D eigenvalue weighted by atomic mass is 79.9. The molecule has 4 amide bonds. The van der Waals surface area contributed by atoms with Gasteiger partial charge in [-0.3, -0.25) is 29.5 Å². The van der Waals surface area contributed by atoms with Gasteiger partial charge in [-0.25, -0.2) is 0 Å². The Labute approximate surface area is 309 Å². The number of halogens is 1. The van der Waals surface area contributed by atoms with Crippen molar-refractivity contribution < 1.29 is 29.0 Å². The van der Waals surface area contributed by atoms with Gasteiger partial charge in [-0.2, -0.15) is 5.01 Å². The van der Waals surface area contributed by atoms with E-state index in [0.29, 0.717) is 27.0 Å². The summed E-state index contributed by atoms with van der Waals surface area (Å²) in [6.45, 7) is 5.76. The molecule has 2 heterocycles. The maximum Gasteiger partial charge on any atom is 0.260 e. The van der Waals surface area contributed by atoms with Crippen LogP contribution in [0.2, 0.25) is 0 Å². The molecule has 2 aliphatic heterocycles. The van der Waals surface area contributed by atoms with Crippen LogP contribution in [0.15, 0.2) is 114 Å². The normalized spacial score (nSPS) is 26.4. The van der Waals surface area contributed by atoms with Crippen LogP contribution in [-0.4, -0.2) is 40.9 Å². The van der Waals surface area contributed by atoms with Crippen molar-refractivity contribution >= 4 is 57.0 Å². The Hall–Kier alpha value is -5.48. The number of imide groups is 2. The topological polar surface area (TPSA) is 116 Å². The van der Waals surface area contributed by atoms with Gasteiger partial charge in [0.25, 0.3) is 11.8 Å². The quantitative estimate of drug-likeness (QED) is 0.150. The molecule has 3 fully saturated rings. The Morgan fingerprint density at radius 1 is 0.923 bits per heavy atom. The number of hydrogen-bond donors (Lipinski definition) is 2. The van der Waals surface area contributed by atoms with Crippen LogP contribution in [-0.2, 0) is 24.6 Å². The fourth-order valence-corrected chi connectivity index (χ4v) is 9.51. The van der Waals surface area contributed by atoms with E-state index in [2.05, 4.69) is 27.9 Å². The first-order chi connectivity index (χ1) is 25.1. The van der Waals surface area contributed by atoms with Crippen LogP contribution < -0.4 is 15.1 Å². The molecule has 2 saturated heterocycles. The molecule has 4 aromatic rings. The van der Waals surface area contributed by atoms with Crippen molar-refractivity contribution in [2.75, 3.05) is 17.4 Å². The molecule has 4 aromatic carbocycles. The molecule has 10 heteroatoms. The number of benzene rings is 4. The number of anilines is 2. The fraction of sp³-hybridized carbons (Fsp3) is 0.238. The monoisotopic (exact) mass is 757 g/mol. The highest BCUT2D eigenvalue weighted by Gasteiger charge is 2.70. The Kier molecular flexibility index (Phi) is 8.17. The molecule has 1 saturated carbocycles. The molecule has 2 aliphatic carbocycles. The van der Waals surface area contributed by atoms with Crippen LogP contribution in [0.5, 0.6) is 11.5 Å². The van der Waals surface area contributed by atoms with E-state index in [9.17, 15) is 19.5 Å². The molecule has 0 aromatic heterocycles. The second kappa shape index (κ2) is 12.6. The van der Waals surface area contributed by atoms with E-state index < -0.39 is 46.8 Å². The molecule has 6 atom stereocenters. The maximum absolute atomic E-state index is 15.3. The van der Waals surface area contributed by atoms with Gasteiger partial charge in [0.15, 0.2) is 11.5 Å². The Morgan fingerprint density at radius 2 is 1.63 bits per heavy atom. The number of amides is 4. The smallest absolute Gasteiger partial charge is 0.260 e. The van der Waals surface area contributed by atoms with Gasteiger partial charge in [-0.15, -0.1) is 0 Å². The first-order valence-corrected chi connectivity index (χ1v) is 18.0. The molecule has 52 heavy (non-hydrogen) atoms. The number of nitrogens with one attached hydrogen (secondary N) is 1. The lowest BCUT2D eigenvalue weighted by atomic mass is 9.49. The standard InChI is InChI=1S/C42H36BrN3O6/c1-4-24-12-16-28(17-13-24)45-38(48)30-19-18-29-31(35(30)40(45)50)22-32-39(49)46(44-27-14-10-23(2)11-15-27)41(51)42(32,26-8-6-5-7-9-26)36(29)25-20-33(43)37(47)34(21-25)52-3/h4-18,20-21,30-32,35-36,44,47H,1,19,22H2,2-3H3. The second-order valence-electron chi connectivity index (χ2n) is 14.0. The zero-order chi connectivity index (χ0) is 36.5. The van der Waals surface area contributed by atoms with E-state index in [0.717, 1.165) is 21.7 Å². The number of aryl methyl sites for hydroxylation is 1. The number of fused-ring (bicyclic) bond motifs is 4. The molecule has 9 nitrogen and oxygen atoms in total. The maximum atomic E-state index is 15.3. The van der Waals surface area contributed by atoms with Gasteiger partial charge < -0.3 is 9.84 Å². The molecular formula is C42H36BrN3O6. The number of aromatic hydroxyl groups is 1. The predicted octanol–water partition coefficient (Wildman–Crippen LogP) is 7.30. The predicted molar refractivity (Wildman–Crippen MR) is 200 cm³/mol. The first kappa shape index (κ1) is 33.7. The minimum absolute atomic E-state index is 0.104. The van der Waals surface area contributed by atoms with E-state index in [1.807, 2.05) is 79.7 Å². The number of carbonyl (C=O) groups is 4.